The van der Waals surface area contributed by atoms with Gasteiger partial charge in [0.1, 0.15) is 0 Å². The first-order valence-corrected chi connectivity index (χ1v) is 7.39. The van der Waals surface area contributed by atoms with Crippen molar-refractivity contribution < 1.29 is 0 Å². The molecule has 4 rings (SSSR count). The Balaban J connectivity index is 1.83. The average molecular weight is 298 g/mol. The van der Waals surface area contributed by atoms with Crippen LogP contribution >= 0.6 is 46.4 Å². The Morgan fingerprint density at radius 2 is 1.19 bits per heavy atom. The molecule has 0 spiro atoms. The van der Waals surface area contributed by atoms with E-state index in [2.05, 4.69) is 12.2 Å². The standard InChI is InChI=1S/C12H12Cl4/c13-11(14)7-4-8(12(11,15)16)10-6-2-1-5(3-6)9(7)10/h1-2,5-10H,3-4H2/t5-,6+,7-,8-,9-,10-/m0/s1. The molecule has 0 radical (unpaired) electrons. The third-order valence-corrected chi connectivity index (χ3v) is 8.10. The molecule has 0 aromatic rings. The molecule has 0 saturated heterocycles. The van der Waals surface area contributed by atoms with Gasteiger partial charge in [-0.1, -0.05) is 58.6 Å². The van der Waals surface area contributed by atoms with E-state index >= 15 is 0 Å². The zero-order chi connectivity index (χ0) is 11.3. The molecule has 0 N–H and O–H groups in total. The lowest BCUT2D eigenvalue weighted by molar-refractivity contribution is 0.188. The van der Waals surface area contributed by atoms with Gasteiger partial charge in [-0.05, 0) is 48.3 Å². The van der Waals surface area contributed by atoms with Gasteiger partial charge >= 0.3 is 0 Å². The minimum absolute atomic E-state index is 0.279. The van der Waals surface area contributed by atoms with Gasteiger partial charge in [0, 0.05) is 0 Å². The van der Waals surface area contributed by atoms with Crippen LogP contribution < -0.4 is 0 Å². The Morgan fingerprint density at radius 1 is 0.750 bits per heavy atom. The summed E-state index contributed by atoms with van der Waals surface area (Å²) in [5.74, 6) is 3.15. The highest BCUT2D eigenvalue weighted by Gasteiger charge is 2.75. The maximum Gasteiger partial charge on any atom is 0.154 e. The first-order chi connectivity index (χ1) is 7.44. The number of fused-ring (bicyclic) bond motifs is 9. The van der Waals surface area contributed by atoms with E-state index in [1.165, 1.54) is 6.42 Å². The van der Waals surface area contributed by atoms with Crippen molar-refractivity contribution in [3.63, 3.8) is 0 Å². The molecule has 0 nitrogen and oxygen atoms in total. The number of allylic oxidation sites excluding steroid dienone is 2. The molecular formula is C12H12Cl4. The van der Waals surface area contributed by atoms with E-state index in [0.29, 0.717) is 23.7 Å². The number of hydrogen-bond donors (Lipinski definition) is 0. The van der Waals surface area contributed by atoms with Crippen molar-refractivity contribution in [2.75, 3.05) is 0 Å². The summed E-state index contributed by atoms with van der Waals surface area (Å²) in [5.41, 5.74) is 0. The van der Waals surface area contributed by atoms with E-state index in [9.17, 15) is 0 Å². The summed E-state index contributed by atoms with van der Waals surface area (Å²) in [6, 6.07) is 0. The van der Waals surface area contributed by atoms with Crippen molar-refractivity contribution in [2.45, 2.75) is 21.5 Å². The van der Waals surface area contributed by atoms with Gasteiger partial charge in [0.25, 0.3) is 0 Å². The van der Waals surface area contributed by atoms with Crippen LogP contribution in [0.3, 0.4) is 0 Å². The quantitative estimate of drug-likeness (QED) is 0.353. The Hall–Kier alpha value is 0.900. The minimum atomic E-state index is -0.958. The van der Waals surface area contributed by atoms with Crippen LogP contribution in [0.15, 0.2) is 12.2 Å². The van der Waals surface area contributed by atoms with Crippen molar-refractivity contribution >= 4 is 46.4 Å². The highest BCUT2D eigenvalue weighted by Crippen LogP contribution is 2.75. The van der Waals surface area contributed by atoms with Gasteiger partial charge in [-0.3, -0.25) is 0 Å². The van der Waals surface area contributed by atoms with Crippen molar-refractivity contribution in [2.24, 2.45) is 35.5 Å². The lowest BCUT2D eigenvalue weighted by Crippen LogP contribution is -2.50. The van der Waals surface area contributed by atoms with Gasteiger partial charge in [0.2, 0.25) is 0 Å². The van der Waals surface area contributed by atoms with Gasteiger partial charge in [0.15, 0.2) is 8.67 Å². The fourth-order valence-corrected chi connectivity index (χ4v) is 6.39. The van der Waals surface area contributed by atoms with Gasteiger partial charge in [-0.15, -0.1) is 0 Å². The summed E-state index contributed by atoms with van der Waals surface area (Å²) >= 11 is 25.7. The lowest BCUT2D eigenvalue weighted by atomic mass is 9.72. The number of halogens is 4. The highest BCUT2D eigenvalue weighted by atomic mass is 35.5. The highest BCUT2D eigenvalue weighted by molar-refractivity contribution is 6.63. The SMILES string of the molecule is ClC1(Cl)[C@H]2C[C@@H]([C@H]3[C@H]2[C@@H]2C=C[C@H]3C2)C1(Cl)Cl. The summed E-state index contributed by atoms with van der Waals surface area (Å²) in [6.07, 6.45) is 6.96. The Morgan fingerprint density at radius 3 is 1.62 bits per heavy atom. The van der Waals surface area contributed by atoms with Crippen molar-refractivity contribution in [3.8, 4) is 0 Å². The molecule has 4 heteroatoms. The third kappa shape index (κ3) is 0.955. The molecule has 4 bridgehead atoms. The lowest BCUT2D eigenvalue weighted by Gasteiger charge is -2.45. The van der Waals surface area contributed by atoms with Crippen LogP contribution in [0, 0.1) is 35.5 Å². The molecule has 16 heavy (non-hydrogen) atoms. The molecule has 0 heterocycles. The minimum Gasteiger partial charge on any atom is -0.0980 e. The summed E-state index contributed by atoms with van der Waals surface area (Å²) in [4.78, 5) is 0. The van der Waals surface area contributed by atoms with Crippen molar-refractivity contribution in [1.82, 2.24) is 0 Å². The molecule has 0 unspecified atom stereocenters. The van der Waals surface area contributed by atoms with Crippen LogP contribution in [0.5, 0.6) is 0 Å². The normalized spacial score (nSPS) is 58.2. The van der Waals surface area contributed by atoms with Gasteiger partial charge in [-0.25, -0.2) is 0 Å². The van der Waals surface area contributed by atoms with Gasteiger partial charge in [0.05, 0.1) is 0 Å². The summed E-state index contributed by atoms with van der Waals surface area (Å²) in [6.45, 7) is 0. The maximum atomic E-state index is 6.44. The predicted molar refractivity (Wildman–Crippen MR) is 68.2 cm³/mol. The molecule has 3 fully saturated rings. The second-order valence-electron chi connectivity index (χ2n) is 5.80. The number of alkyl halides is 4. The average Bonchev–Trinajstić information content (AvgIpc) is 2.89. The third-order valence-electron chi connectivity index (χ3n) is 5.40. The molecule has 0 amide bonds. The van der Waals surface area contributed by atoms with Crippen LogP contribution in [0.2, 0.25) is 0 Å². The van der Waals surface area contributed by atoms with E-state index in [4.69, 9.17) is 46.4 Å². The fourth-order valence-electron chi connectivity index (χ4n) is 4.89. The molecular weight excluding hydrogens is 286 g/mol. The van der Waals surface area contributed by atoms with E-state index in [0.717, 1.165) is 6.42 Å². The second-order valence-corrected chi connectivity index (χ2v) is 8.57. The monoisotopic (exact) mass is 296 g/mol. The summed E-state index contributed by atoms with van der Waals surface area (Å²) in [5, 5.41) is 0. The molecule has 0 aromatic carbocycles. The van der Waals surface area contributed by atoms with E-state index in [-0.39, 0.29) is 11.8 Å². The molecule has 4 aliphatic rings. The van der Waals surface area contributed by atoms with Crippen LogP contribution in [0.25, 0.3) is 0 Å². The number of rotatable bonds is 0. The van der Waals surface area contributed by atoms with E-state index < -0.39 is 8.67 Å². The van der Waals surface area contributed by atoms with Crippen LogP contribution in [0.4, 0.5) is 0 Å². The summed E-state index contributed by atoms with van der Waals surface area (Å²) in [7, 11) is 0. The van der Waals surface area contributed by atoms with Gasteiger partial charge in [-0.2, -0.15) is 0 Å². The zero-order valence-corrected chi connectivity index (χ0v) is 11.6. The zero-order valence-electron chi connectivity index (χ0n) is 8.54. The van der Waals surface area contributed by atoms with Crippen molar-refractivity contribution in [3.05, 3.63) is 12.2 Å². The summed E-state index contributed by atoms with van der Waals surface area (Å²) < 4.78 is -1.92. The topological polar surface area (TPSA) is 0 Å². The molecule has 0 aliphatic heterocycles. The van der Waals surface area contributed by atoms with Gasteiger partial charge < -0.3 is 0 Å². The Bertz CT molecular complexity index is 352. The molecule has 0 aromatic heterocycles. The van der Waals surface area contributed by atoms with Crippen molar-refractivity contribution in [1.29, 1.82) is 0 Å². The second kappa shape index (κ2) is 2.90. The van der Waals surface area contributed by atoms with E-state index in [1.54, 1.807) is 0 Å². The smallest absolute Gasteiger partial charge is 0.0980 e. The number of hydrogen-bond acceptors (Lipinski definition) is 0. The largest absolute Gasteiger partial charge is 0.154 e. The van der Waals surface area contributed by atoms with Crippen LogP contribution in [0.1, 0.15) is 12.8 Å². The van der Waals surface area contributed by atoms with Crippen LogP contribution in [-0.4, -0.2) is 8.67 Å². The molecule has 3 saturated carbocycles. The molecule has 88 valence electrons. The molecule has 4 aliphatic carbocycles. The van der Waals surface area contributed by atoms with E-state index in [1.807, 2.05) is 0 Å². The predicted octanol–water partition coefficient (Wildman–Crippen LogP) is 4.42. The molecule has 6 atom stereocenters. The maximum absolute atomic E-state index is 6.44. The first kappa shape index (κ1) is 10.8. The Labute approximate surface area is 115 Å². The van der Waals surface area contributed by atoms with Crippen LogP contribution in [-0.2, 0) is 0 Å². The fraction of sp³-hybridized carbons (Fsp3) is 0.833. The Kier molecular flexibility index (Phi) is 1.95. The first-order valence-electron chi connectivity index (χ1n) is 5.88.